The molecular formula is C11H13BrN2O. The van der Waals surface area contributed by atoms with Crippen molar-refractivity contribution in [3.05, 3.63) is 23.4 Å². The van der Waals surface area contributed by atoms with E-state index in [0.29, 0.717) is 0 Å². The number of alkyl halides is 1. The first-order chi connectivity index (χ1) is 7.08. The smallest absolute Gasteiger partial charge is 0.241 e. The average Bonchev–Trinajstić information content (AvgIpc) is 2.46. The van der Waals surface area contributed by atoms with Gasteiger partial charge in [0, 0.05) is 12.2 Å². The molecule has 2 rings (SSSR count). The highest BCUT2D eigenvalue weighted by Crippen LogP contribution is 2.24. The van der Waals surface area contributed by atoms with Crippen LogP contribution < -0.4 is 4.90 Å². The molecule has 1 aliphatic rings. The minimum atomic E-state index is -0.0416. The van der Waals surface area contributed by atoms with E-state index in [1.807, 2.05) is 26.0 Å². The van der Waals surface area contributed by atoms with Gasteiger partial charge in [-0.2, -0.15) is 0 Å². The molecule has 0 aliphatic carbocycles. The Hall–Kier alpha value is -0.900. The van der Waals surface area contributed by atoms with E-state index in [0.717, 1.165) is 30.0 Å². The van der Waals surface area contributed by atoms with Gasteiger partial charge in [0.1, 0.15) is 5.82 Å². The molecule has 0 saturated carbocycles. The number of anilines is 1. The largest absolute Gasteiger partial charge is 0.296 e. The van der Waals surface area contributed by atoms with Crippen LogP contribution in [0.5, 0.6) is 0 Å². The number of carbonyl (C=O) groups is 1. The number of carbonyl (C=O) groups excluding carboxylic acids is 1. The second kappa shape index (κ2) is 3.93. The van der Waals surface area contributed by atoms with Crippen LogP contribution in [0.15, 0.2) is 12.1 Å². The molecular weight excluding hydrogens is 256 g/mol. The highest BCUT2D eigenvalue weighted by molar-refractivity contribution is 9.10. The molecule has 0 spiro atoms. The van der Waals surface area contributed by atoms with Crippen LogP contribution in [0.25, 0.3) is 0 Å². The normalized spacial score (nSPS) is 21.1. The summed E-state index contributed by atoms with van der Waals surface area (Å²) in [6.07, 6.45) is 0.855. The Morgan fingerprint density at radius 2 is 2.20 bits per heavy atom. The Morgan fingerprint density at radius 1 is 1.47 bits per heavy atom. The molecule has 1 aliphatic heterocycles. The van der Waals surface area contributed by atoms with Gasteiger partial charge in [-0.05, 0) is 38.0 Å². The summed E-state index contributed by atoms with van der Waals surface area (Å²) in [7, 11) is 0. The predicted octanol–water partition coefficient (Wildman–Crippen LogP) is 2.20. The molecule has 1 aromatic heterocycles. The van der Waals surface area contributed by atoms with E-state index >= 15 is 0 Å². The van der Waals surface area contributed by atoms with Crippen LogP contribution in [0.1, 0.15) is 17.7 Å². The predicted molar refractivity (Wildman–Crippen MR) is 63.4 cm³/mol. The Kier molecular flexibility index (Phi) is 2.78. The summed E-state index contributed by atoms with van der Waals surface area (Å²) < 4.78 is 0. The molecule has 1 amide bonds. The topological polar surface area (TPSA) is 33.2 Å². The quantitative estimate of drug-likeness (QED) is 0.732. The maximum absolute atomic E-state index is 11.8. The zero-order chi connectivity index (χ0) is 11.0. The molecule has 0 aromatic carbocycles. The van der Waals surface area contributed by atoms with E-state index in [4.69, 9.17) is 0 Å². The van der Waals surface area contributed by atoms with Gasteiger partial charge >= 0.3 is 0 Å². The first-order valence-corrected chi connectivity index (χ1v) is 5.90. The molecule has 0 N–H and O–H groups in total. The maximum Gasteiger partial charge on any atom is 0.241 e. The van der Waals surface area contributed by atoms with E-state index in [2.05, 4.69) is 20.9 Å². The minimum Gasteiger partial charge on any atom is -0.296 e. The molecule has 4 heteroatoms. The van der Waals surface area contributed by atoms with Crippen molar-refractivity contribution in [2.45, 2.75) is 25.1 Å². The fraction of sp³-hybridized carbons (Fsp3) is 0.455. The van der Waals surface area contributed by atoms with Crippen LogP contribution in [-0.4, -0.2) is 22.3 Å². The zero-order valence-corrected chi connectivity index (χ0v) is 10.4. The third kappa shape index (κ3) is 2.04. The second-order valence-corrected chi connectivity index (χ2v) is 5.00. The number of amides is 1. The number of pyridine rings is 1. The summed E-state index contributed by atoms with van der Waals surface area (Å²) in [4.78, 5) is 17.9. The van der Waals surface area contributed by atoms with Gasteiger partial charge in [0.2, 0.25) is 5.91 Å². The number of hydrogen-bond acceptors (Lipinski definition) is 2. The van der Waals surface area contributed by atoms with Crippen LogP contribution in [0.2, 0.25) is 0 Å². The van der Waals surface area contributed by atoms with Crippen molar-refractivity contribution in [1.82, 2.24) is 4.98 Å². The Bertz CT molecular complexity index is 385. The van der Waals surface area contributed by atoms with Crippen molar-refractivity contribution in [2.75, 3.05) is 11.4 Å². The summed E-state index contributed by atoms with van der Waals surface area (Å²) in [6.45, 7) is 4.72. The molecule has 3 nitrogen and oxygen atoms in total. The van der Waals surface area contributed by atoms with Crippen molar-refractivity contribution in [3.8, 4) is 0 Å². The Morgan fingerprint density at radius 3 is 2.73 bits per heavy atom. The van der Waals surface area contributed by atoms with E-state index in [-0.39, 0.29) is 10.7 Å². The van der Waals surface area contributed by atoms with Crippen LogP contribution in [0.3, 0.4) is 0 Å². The number of halogens is 1. The fourth-order valence-corrected chi connectivity index (χ4v) is 2.28. The van der Waals surface area contributed by atoms with E-state index < -0.39 is 0 Å². The van der Waals surface area contributed by atoms with Gasteiger partial charge in [0.25, 0.3) is 0 Å². The van der Waals surface area contributed by atoms with Crippen molar-refractivity contribution in [2.24, 2.45) is 0 Å². The third-order valence-corrected chi connectivity index (χ3v) is 3.35. The maximum atomic E-state index is 11.8. The third-order valence-electron chi connectivity index (χ3n) is 2.50. The van der Waals surface area contributed by atoms with Gasteiger partial charge in [0.15, 0.2) is 0 Å². The second-order valence-electron chi connectivity index (χ2n) is 3.89. The lowest BCUT2D eigenvalue weighted by Crippen LogP contribution is -2.28. The highest BCUT2D eigenvalue weighted by Gasteiger charge is 2.31. The number of nitrogens with zero attached hydrogens (tertiary/aromatic N) is 2. The van der Waals surface area contributed by atoms with E-state index in [9.17, 15) is 4.79 Å². The summed E-state index contributed by atoms with van der Waals surface area (Å²) in [5.41, 5.74) is 2.10. The van der Waals surface area contributed by atoms with Gasteiger partial charge in [-0.3, -0.25) is 9.69 Å². The summed E-state index contributed by atoms with van der Waals surface area (Å²) in [5.74, 6) is 0.895. The van der Waals surface area contributed by atoms with Crippen LogP contribution >= 0.6 is 15.9 Å². The van der Waals surface area contributed by atoms with Gasteiger partial charge < -0.3 is 0 Å². The van der Waals surface area contributed by atoms with Crippen LogP contribution in [0, 0.1) is 13.8 Å². The monoisotopic (exact) mass is 268 g/mol. The van der Waals surface area contributed by atoms with Crippen LogP contribution in [0.4, 0.5) is 5.82 Å². The highest BCUT2D eigenvalue weighted by atomic mass is 79.9. The van der Waals surface area contributed by atoms with Gasteiger partial charge in [-0.1, -0.05) is 15.9 Å². The number of rotatable bonds is 1. The molecule has 80 valence electrons. The number of hydrogen-bond donors (Lipinski definition) is 0. The van der Waals surface area contributed by atoms with Crippen molar-refractivity contribution < 1.29 is 4.79 Å². The SMILES string of the molecule is Cc1cc(C)nc(N2CCC(Br)C2=O)c1. The zero-order valence-electron chi connectivity index (χ0n) is 8.83. The molecule has 1 fully saturated rings. The van der Waals surface area contributed by atoms with Crippen molar-refractivity contribution in [1.29, 1.82) is 0 Å². The molecule has 0 radical (unpaired) electrons. The lowest BCUT2D eigenvalue weighted by atomic mass is 10.2. The first-order valence-electron chi connectivity index (χ1n) is 4.98. The summed E-state index contributed by atoms with van der Waals surface area (Å²) >= 11 is 3.36. The molecule has 1 atom stereocenters. The van der Waals surface area contributed by atoms with Crippen molar-refractivity contribution in [3.63, 3.8) is 0 Å². The lowest BCUT2D eigenvalue weighted by molar-refractivity contribution is -0.116. The molecule has 1 aromatic rings. The molecule has 1 saturated heterocycles. The number of aryl methyl sites for hydroxylation is 2. The molecule has 2 heterocycles. The fourth-order valence-electron chi connectivity index (χ4n) is 1.83. The summed E-state index contributed by atoms with van der Waals surface area (Å²) in [5, 5.41) is 0. The minimum absolute atomic E-state index is 0.0416. The molecule has 15 heavy (non-hydrogen) atoms. The average molecular weight is 269 g/mol. The Labute approximate surface area is 97.6 Å². The van der Waals surface area contributed by atoms with E-state index in [1.54, 1.807) is 4.90 Å². The lowest BCUT2D eigenvalue weighted by Gasteiger charge is -2.15. The van der Waals surface area contributed by atoms with Gasteiger partial charge in [0.05, 0.1) is 4.83 Å². The van der Waals surface area contributed by atoms with Gasteiger partial charge in [-0.15, -0.1) is 0 Å². The summed E-state index contributed by atoms with van der Waals surface area (Å²) in [6, 6.07) is 3.96. The van der Waals surface area contributed by atoms with Gasteiger partial charge in [-0.25, -0.2) is 4.98 Å². The first kappa shape index (κ1) is 10.6. The van der Waals surface area contributed by atoms with Crippen LogP contribution in [-0.2, 0) is 4.79 Å². The van der Waals surface area contributed by atoms with Crippen molar-refractivity contribution >= 4 is 27.7 Å². The molecule has 0 bridgehead atoms. The molecule has 1 unspecified atom stereocenters. The standard InChI is InChI=1S/C11H13BrN2O/c1-7-5-8(2)13-10(6-7)14-4-3-9(12)11(14)15/h5-6,9H,3-4H2,1-2H3. The number of aromatic nitrogens is 1. The Balaban J connectivity index is 2.34. The van der Waals surface area contributed by atoms with E-state index in [1.165, 1.54) is 0 Å².